The summed E-state index contributed by atoms with van der Waals surface area (Å²) in [5, 5.41) is 2.96. The number of aromatic nitrogens is 2. The first-order chi connectivity index (χ1) is 10.9. The largest absolute Gasteiger partial charge is 0.468 e. The molecule has 0 fully saturated rings. The fourth-order valence-corrected chi connectivity index (χ4v) is 3.34. The van der Waals surface area contributed by atoms with Crippen LogP contribution in [0.5, 0.6) is 0 Å². The molecule has 0 amide bonds. The summed E-state index contributed by atoms with van der Waals surface area (Å²) in [4.78, 5) is 32.0. The zero-order valence-corrected chi connectivity index (χ0v) is 13.9. The third kappa shape index (κ3) is 2.55. The highest BCUT2D eigenvalue weighted by Gasteiger charge is 2.34. The van der Waals surface area contributed by atoms with E-state index in [0.717, 1.165) is 10.9 Å². The van der Waals surface area contributed by atoms with E-state index in [4.69, 9.17) is 4.74 Å². The van der Waals surface area contributed by atoms with Crippen molar-refractivity contribution in [3.8, 4) is 0 Å². The number of aromatic amines is 1. The molecule has 23 heavy (non-hydrogen) atoms. The number of para-hydroxylation sites is 1. The minimum Gasteiger partial charge on any atom is -0.468 e. The highest BCUT2D eigenvalue weighted by molar-refractivity contribution is 7.12. The van der Waals surface area contributed by atoms with Crippen LogP contribution in [-0.4, -0.2) is 28.8 Å². The van der Waals surface area contributed by atoms with Gasteiger partial charge in [0.25, 0.3) is 0 Å². The molecular formula is C17H16N2O3S. The number of hydrogen-bond acceptors (Lipinski definition) is 5. The van der Waals surface area contributed by atoms with Crippen LogP contribution in [0, 0.1) is 0 Å². The van der Waals surface area contributed by atoms with E-state index in [1.165, 1.54) is 18.4 Å². The zero-order valence-electron chi connectivity index (χ0n) is 13.0. The Morgan fingerprint density at radius 2 is 2.00 bits per heavy atom. The number of methoxy groups -OCH3 is 1. The summed E-state index contributed by atoms with van der Waals surface area (Å²) in [5.74, 6) is -0.534. The summed E-state index contributed by atoms with van der Waals surface area (Å²) >= 11 is 1.24. The minimum atomic E-state index is -0.885. The van der Waals surface area contributed by atoms with Gasteiger partial charge in [-0.3, -0.25) is 9.59 Å². The molecule has 0 aliphatic carbocycles. The summed E-state index contributed by atoms with van der Waals surface area (Å²) in [6, 6.07) is 7.61. The van der Waals surface area contributed by atoms with Crippen LogP contribution in [0.1, 0.15) is 34.9 Å². The van der Waals surface area contributed by atoms with Gasteiger partial charge in [0.2, 0.25) is 5.78 Å². The van der Waals surface area contributed by atoms with Gasteiger partial charge in [-0.1, -0.05) is 18.2 Å². The van der Waals surface area contributed by atoms with Crippen molar-refractivity contribution in [3.63, 3.8) is 0 Å². The molecule has 0 unspecified atom stereocenters. The molecule has 0 aliphatic rings. The van der Waals surface area contributed by atoms with E-state index in [9.17, 15) is 9.59 Å². The molecule has 0 bridgehead atoms. The lowest BCUT2D eigenvalue weighted by Crippen LogP contribution is -2.30. The Morgan fingerprint density at radius 3 is 2.74 bits per heavy atom. The van der Waals surface area contributed by atoms with Crippen molar-refractivity contribution in [1.82, 2.24) is 9.97 Å². The van der Waals surface area contributed by atoms with Crippen LogP contribution in [0.2, 0.25) is 0 Å². The lowest BCUT2D eigenvalue weighted by Gasteiger charge is -2.18. The van der Waals surface area contributed by atoms with Gasteiger partial charge in [0.1, 0.15) is 5.41 Å². The third-order valence-electron chi connectivity index (χ3n) is 3.87. The van der Waals surface area contributed by atoms with E-state index >= 15 is 0 Å². The van der Waals surface area contributed by atoms with Crippen molar-refractivity contribution in [1.29, 1.82) is 0 Å². The maximum absolute atomic E-state index is 12.7. The van der Waals surface area contributed by atoms with Gasteiger partial charge in [-0.2, -0.15) is 0 Å². The molecule has 0 spiro atoms. The number of carbonyl (C=O) groups is 2. The van der Waals surface area contributed by atoms with Gasteiger partial charge in [-0.05, 0) is 19.9 Å². The molecule has 2 heterocycles. The van der Waals surface area contributed by atoms with Crippen LogP contribution in [0.15, 0.2) is 35.8 Å². The van der Waals surface area contributed by atoms with Crippen molar-refractivity contribution in [2.45, 2.75) is 19.3 Å². The van der Waals surface area contributed by atoms with Gasteiger partial charge in [-0.15, -0.1) is 11.3 Å². The van der Waals surface area contributed by atoms with E-state index in [1.54, 1.807) is 25.4 Å². The lowest BCUT2D eigenvalue weighted by atomic mass is 9.90. The van der Waals surface area contributed by atoms with Crippen molar-refractivity contribution in [2.24, 2.45) is 0 Å². The number of ketones is 1. The molecule has 118 valence electrons. The first-order valence-corrected chi connectivity index (χ1v) is 7.98. The van der Waals surface area contributed by atoms with Gasteiger partial charge < -0.3 is 9.72 Å². The lowest BCUT2D eigenvalue weighted by molar-refractivity contribution is -0.146. The summed E-state index contributed by atoms with van der Waals surface area (Å²) in [5.41, 5.74) is 1.14. The number of ether oxygens (including phenoxy) is 1. The average molecular weight is 328 g/mol. The molecular weight excluding hydrogens is 312 g/mol. The van der Waals surface area contributed by atoms with Crippen LogP contribution < -0.4 is 0 Å². The number of nitrogens with zero attached hydrogens (tertiary/aromatic N) is 1. The number of fused-ring (bicyclic) bond motifs is 1. The minimum absolute atomic E-state index is 0.153. The van der Waals surface area contributed by atoms with Gasteiger partial charge >= 0.3 is 5.97 Å². The Morgan fingerprint density at radius 1 is 1.26 bits per heavy atom. The van der Waals surface area contributed by atoms with Crippen molar-refractivity contribution < 1.29 is 14.3 Å². The van der Waals surface area contributed by atoms with Crippen LogP contribution >= 0.6 is 11.3 Å². The number of benzene rings is 1. The zero-order chi connectivity index (χ0) is 16.6. The summed E-state index contributed by atoms with van der Waals surface area (Å²) in [7, 11) is 1.34. The SMILES string of the molecule is COC(=O)C(C)(C)c1csc(C(=O)c2c[nH]c3ccccc23)n1. The predicted molar refractivity (Wildman–Crippen MR) is 88.9 cm³/mol. The van der Waals surface area contributed by atoms with Gasteiger partial charge in [-0.25, -0.2) is 4.98 Å². The van der Waals surface area contributed by atoms with Crippen molar-refractivity contribution in [3.05, 3.63) is 52.1 Å². The molecule has 3 aromatic rings. The molecule has 2 aromatic heterocycles. The maximum Gasteiger partial charge on any atom is 0.317 e. The third-order valence-corrected chi connectivity index (χ3v) is 4.71. The Kier molecular flexibility index (Phi) is 3.77. The first kappa shape index (κ1) is 15.4. The highest BCUT2D eigenvalue weighted by Crippen LogP contribution is 2.28. The first-order valence-electron chi connectivity index (χ1n) is 7.10. The Hall–Kier alpha value is -2.47. The van der Waals surface area contributed by atoms with Gasteiger partial charge in [0.05, 0.1) is 18.4 Å². The molecule has 3 rings (SSSR count). The number of esters is 1. The molecule has 0 saturated carbocycles. The number of rotatable bonds is 4. The van der Waals surface area contributed by atoms with E-state index in [-0.39, 0.29) is 11.8 Å². The molecule has 0 aliphatic heterocycles. The fraction of sp³-hybridized carbons (Fsp3) is 0.235. The molecule has 0 saturated heterocycles. The second-order valence-corrected chi connectivity index (χ2v) is 6.59. The average Bonchev–Trinajstić information content (AvgIpc) is 3.20. The number of hydrogen-bond donors (Lipinski definition) is 1. The van der Waals surface area contributed by atoms with Crippen LogP contribution in [0.3, 0.4) is 0 Å². The quantitative estimate of drug-likeness (QED) is 0.589. The highest BCUT2D eigenvalue weighted by atomic mass is 32.1. The number of nitrogens with one attached hydrogen (secondary N) is 1. The summed E-state index contributed by atoms with van der Waals surface area (Å²) in [6.07, 6.45) is 1.69. The smallest absolute Gasteiger partial charge is 0.317 e. The monoisotopic (exact) mass is 328 g/mol. The Labute approximate surface area is 137 Å². The number of H-pyrrole nitrogens is 1. The molecule has 5 nitrogen and oxygen atoms in total. The summed E-state index contributed by atoms with van der Waals surface area (Å²) < 4.78 is 4.80. The second kappa shape index (κ2) is 5.62. The molecule has 6 heteroatoms. The maximum atomic E-state index is 12.7. The van der Waals surface area contributed by atoms with Crippen LogP contribution in [-0.2, 0) is 14.9 Å². The summed E-state index contributed by atoms with van der Waals surface area (Å²) in [6.45, 7) is 3.46. The standard InChI is InChI=1S/C17H16N2O3S/c1-17(2,16(21)22-3)13-9-23-15(19-13)14(20)11-8-18-12-7-5-4-6-10(11)12/h4-9,18H,1-3H3. The van der Waals surface area contributed by atoms with E-state index in [0.29, 0.717) is 16.3 Å². The van der Waals surface area contributed by atoms with E-state index in [2.05, 4.69) is 9.97 Å². The van der Waals surface area contributed by atoms with E-state index < -0.39 is 5.41 Å². The predicted octanol–water partition coefficient (Wildman–Crippen LogP) is 3.31. The van der Waals surface area contributed by atoms with Crippen molar-refractivity contribution in [2.75, 3.05) is 7.11 Å². The van der Waals surface area contributed by atoms with E-state index in [1.807, 2.05) is 24.3 Å². The topological polar surface area (TPSA) is 72.1 Å². The Balaban J connectivity index is 1.97. The van der Waals surface area contributed by atoms with Crippen LogP contribution in [0.25, 0.3) is 10.9 Å². The normalized spacial score (nSPS) is 11.6. The van der Waals surface area contributed by atoms with Crippen LogP contribution in [0.4, 0.5) is 0 Å². The molecule has 0 atom stereocenters. The number of thiazole rings is 1. The molecule has 1 N–H and O–H groups in total. The molecule has 1 aromatic carbocycles. The van der Waals surface area contributed by atoms with Crippen molar-refractivity contribution >= 4 is 34.0 Å². The number of carbonyl (C=O) groups excluding carboxylic acids is 2. The molecule has 0 radical (unpaired) electrons. The van der Waals surface area contributed by atoms with Gasteiger partial charge in [0.15, 0.2) is 5.01 Å². The fourth-order valence-electron chi connectivity index (χ4n) is 2.40. The second-order valence-electron chi connectivity index (χ2n) is 5.73. The van der Waals surface area contributed by atoms with Gasteiger partial charge in [0, 0.05) is 22.5 Å². The Bertz CT molecular complexity index is 892.